The topological polar surface area (TPSA) is 79.4 Å². The molecule has 1 aromatic rings. The van der Waals surface area contributed by atoms with Crippen molar-refractivity contribution in [1.82, 2.24) is 15.5 Å². The Morgan fingerprint density at radius 1 is 1.57 bits per heavy atom. The molecule has 1 aromatic heterocycles. The van der Waals surface area contributed by atoms with Gasteiger partial charge in [0.25, 0.3) is 5.91 Å². The van der Waals surface area contributed by atoms with Crippen LogP contribution in [0, 0.1) is 0 Å². The van der Waals surface area contributed by atoms with Crippen LogP contribution < -0.4 is 5.32 Å². The van der Waals surface area contributed by atoms with Crippen LogP contribution >= 0.6 is 0 Å². The number of hydrogen-bond donors (Lipinski definition) is 2. The largest absolute Gasteiger partial charge is 0.412 e. The quantitative estimate of drug-likeness (QED) is 0.648. The standard InChI is InChI=1S/C14H24N4O2Si/c1-14(2,3)21(5,6)20-11-7-10(11)17-13(19)9-8-16-18-12(9)15-4/h8,10-11H,4,7H2,1-3,5-6H3,(H,16,18)(H,17,19)/t10-,11?/m1/s1. The summed E-state index contributed by atoms with van der Waals surface area (Å²) in [6.45, 7) is 14.5. The normalized spacial score (nSPS) is 22.0. The number of hydrogen-bond acceptors (Lipinski definition) is 4. The molecule has 6 nitrogen and oxygen atoms in total. The summed E-state index contributed by atoms with van der Waals surface area (Å²) in [4.78, 5) is 15.9. The molecule has 21 heavy (non-hydrogen) atoms. The van der Waals surface area contributed by atoms with Crippen LogP contribution in [-0.2, 0) is 4.43 Å². The molecule has 1 saturated carbocycles. The fourth-order valence-corrected chi connectivity index (χ4v) is 3.19. The zero-order valence-electron chi connectivity index (χ0n) is 13.4. The molecule has 0 spiro atoms. The third-order valence-corrected chi connectivity index (χ3v) is 8.83. The van der Waals surface area contributed by atoms with E-state index < -0.39 is 8.32 Å². The lowest BCUT2D eigenvalue weighted by Gasteiger charge is -2.36. The average Bonchev–Trinajstić information content (AvgIpc) is 2.91. The van der Waals surface area contributed by atoms with Gasteiger partial charge in [0.15, 0.2) is 14.1 Å². The van der Waals surface area contributed by atoms with Gasteiger partial charge in [-0.2, -0.15) is 5.10 Å². The van der Waals surface area contributed by atoms with Gasteiger partial charge in [0.1, 0.15) is 5.56 Å². The van der Waals surface area contributed by atoms with E-state index in [9.17, 15) is 4.79 Å². The highest BCUT2D eigenvalue weighted by Gasteiger charge is 2.47. The van der Waals surface area contributed by atoms with Crippen LogP contribution in [0.4, 0.5) is 5.82 Å². The van der Waals surface area contributed by atoms with Crippen LogP contribution in [0.2, 0.25) is 18.1 Å². The molecule has 1 aliphatic carbocycles. The molecular formula is C14H24N4O2Si. The SMILES string of the molecule is C=Nc1[nH]ncc1C(=O)N[C@@H]1CC1O[Si](C)(C)C(C)(C)C. The van der Waals surface area contributed by atoms with E-state index in [0.717, 1.165) is 6.42 Å². The maximum Gasteiger partial charge on any atom is 0.257 e. The number of amides is 1. The lowest BCUT2D eigenvalue weighted by Crippen LogP contribution is -2.42. The number of carbonyl (C=O) groups is 1. The van der Waals surface area contributed by atoms with Gasteiger partial charge in [0.05, 0.1) is 18.3 Å². The first kappa shape index (κ1) is 15.9. The molecule has 0 aromatic carbocycles. The maximum atomic E-state index is 12.1. The summed E-state index contributed by atoms with van der Waals surface area (Å²) in [7, 11) is -1.78. The van der Waals surface area contributed by atoms with E-state index in [0.29, 0.717) is 11.4 Å². The van der Waals surface area contributed by atoms with Crippen LogP contribution in [0.15, 0.2) is 11.2 Å². The van der Waals surface area contributed by atoms with Crippen LogP contribution in [0.5, 0.6) is 0 Å². The smallest absolute Gasteiger partial charge is 0.257 e. The Bertz CT molecular complexity index is 547. The summed E-state index contributed by atoms with van der Waals surface area (Å²) in [5.74, 6) is 0.215. The van der Waals surface area contributed by atoms with Crippen molar-refractivity contribution in [3.8, 4) is 0 Å². The van der Waals surface area contributed by atoms with E-state index in [-0.39, 0.29) is 23.1 Å². The highest BCUT2D eigenvalue weighted by molar-refractivity contribution is 6.74. The highest BCUT2D eigenvalue weighted by Crippen LogP contribution is 2.41. The van der Waals surface area contributed by atoms with Crippen molar-refractivity contribution in [3.63, 3.8) is 0 Å². The maximum absolute atomic E-state index is 12.1. The van der Waals surface area contributed by atoms with Gasteiger partial charge in [-0.3, -0.25) is 9.89 Å². The fraction of sp³-hybridized carbons (Fsp3) is 0.643. The number of carbonyl (C=O) groups excluding carboxylic acids is 1. The minimum Gasteiger partial charge on any atom is -0.412 e. The third-order valence-electron chi connectivity index (χ3n) is 4.32. The minimum atomic E-state index is -1.78. The Morgan fingerprint density at radius 3 is 2.81 bits per heavy atom. The van der Waals surface area contributed by atoms with Gasteiger partial charge in [0.2, 0.25) is 0 Å². The van der Waals surface area contributed by atoms with Crippen molar-refractivity contribution in [1.29, 1.82) is 0 Å². The Morgan fingerprint density at radius 2 is 2.24 bits per heavy atom. The summed E-state index contributed by atoms with van der Waals surface area (Å²) in [6, 6.07) is 0.0826. The lowest BCUT2D eigenvalue weighted by atomic mass is 10.2. The molecule has 2 N–H and O–H groups in total. The van der Waals surface area contributed by atoms with Gasteiger partial charge in [-0.1, -0.05) is 20.8 Å². The Labute approximate surface area is 126 Å². The molecule has 1 fully saturated rings. The number of aromatic nitrogens is 2. The second-order valence-electron chi connectivity index (χ2n) is 7.02. The fourth-order valence-electron chi connectivity index (χ4n) is 1.82. The minimum absolute atomic E-state index is 0.0826. The highest BCUT2D eigenvalue weighted by atomic mass is 28.4. The first-order valence-corrected chi connectivity index (χ1v) is 10.1. The van der Waals surface area contributed by atoms with E-state index in [1.54, 1.807) is 0 Å². The van der Waals surface area contributed by atoms with E-state index in [1.807, 2.05) is 0 Å². The van der Waals surface area contributed by atoms with E-state index >= 15 is 0 Å². The predicted octanol–water partition coefficient (Wildman–Crippen LogP) is 2.63. The molecule has 0 aliphatic heterocycles. The van der Waals surface area contributed by atoms with Gasteiger partial charge < -0.3 is 9.74 Å². The van der Waals surface area contributed by atoms with Crippen LogP contribution in [0.25, 0.3) is 0 Å². The molecule has 1 unspecified atom stereocenters. The number of aromatic amines is 1. The first-order valence-electron chi connectivity index (χ1n) is 7.14. The van der Waals surface area contributed by atoms with E-state index in [1.165, 1.54) is 6.20 Å². The Kier molecular flexibility index (Phi) is 4.07. The molecule has 0 saturated heterocycles. The summed E-state index contributed by atoms with van der Waals surface area (Å²) in [6.07, 6.45) is 2.46. The van der Waals surface area contributed by atoms with Crippen LogP contribution in [-0.4, -0.2) is 43.3 Å². The number of H-pyrrole nitrogens is 1. The van der Waals surface area contributed by atoms with Crippen LogP contribution in [0.3, 0.4) is 0 Å². The van der Waals surface area contributed by atoms with Gasteiger partial charge in [-0.15, -0.1) is 0 Å². The van der Waals surface area contributed by atoms with Gasteiger partial charge in [-0.05, 0) is 31.3 Å². The summed E-state index contributed by atoms with van der Waals surface area (Å²) >= 11 is 0. The number of rotatable bonds is 5. The number of aliphatic imine (C=N–C) groups is 1. The van der Waals surface area contributed by atoms with Crippen molar-refractivity contribution >= 4 is 26.8 Å². The molecule has 7 heteroatoms. The van der Waals surface area contributed by atoms with Gasteiger partial charge in [0, 0.05) is 0 Å². The summed E-state index contributed by atoms with van der Waals surface area (Å²) < 4.78 is 6.27. The first-order chi connectivity index (χ1) is 9.65. The van der Waals surface area contributed by atoms with E-state index in [4.69, 9.17) is 4.43 Å². The average molecular weight is 308 g/mol. The zero-order valence-corrected chi connectivity index (χ0v) is 14.4. The molecule has 2 atom stereocenters. The van der Waals surface area contributed by atoms with Crippen molar-refractivity contribution in [2.24, 2.45) is 4.99 Å². The molecule has 0 radical (unpaired) electrons. The molecule has 1 heterocycles. The summed E-state index contributed by atoms with van der Waals surface area (Å²) in [5.41, 5.74) is 0.419. The van der Waals surface area contributed by atoms with E-state index in [2.05, 4.69) is 61.1 Å². The third kappa shape index (κ3) is 3.41. The van der Waals surface area contributed by atoms with Gasteiger partial charge >= 0.3 is 0 Å². The zero-order chi connectivity index (χ0) is 15.8. The van der Waals surface area contributed by atoms with Crippen molar-refractivity contribution in [3.05, 3.63) is 11.8 Å². The molecule has 116 valence electrons. The lowest BCUT2D eigenvalue weighted by molar-refractivity contribution is 0.0944. The molecule has 1 aliphatic rings. The second kappa shape index (κ2) is 5.38. The monoisotopic (exact) mass is 308 g/mol. The molecule has 0 bridgehead atoms. The molecular weight excluding hydrogens is 284 g/mol. The Balaban J connectivity index is 1.91. The van der Waals surface area contributed by atoms with Crippen molar-refractivity contribution in [2.75, 3.05) is 0 Å². The van der Waals surface area contributed by atoms with Crippen molar-refractivity contribution in [2.45, 2.75) is 57.5 Å². The van der Waals surface area contributed by atoms with Crippen LogP contribution in [0.1, 0.15) is 37.6 Å². The predicted molar refractivity (Wildman–Crippen MR) is 85.7 cm³/mol. The summed E-state index contributed by atoms with van der Waals surface area (Å²) in [5, 5.41) is 9.58. The molecule has 1 amide bonds. The number of nitrogens with zero attached hydrogens (tertiary/aromatic N) is 2. The molecule has 2 rings (SSSR count). The van der Waals surface area contributed by atoms with Gasteiger partial charge in [-0.25, -0.2) is 4.99 Å². The van der Waals surface area contributed by atoms with Crippen molar-refractivity contribution < 1.29 is 9.22 Å². The second-order valence-corrected chi connectivity index (χ2v) is 11.8. The Hall–Kier alpha value is -1.47. The number of nitrogens with one attached hydrogen (secondary N) is 2.